The van der Waals surface area contributed by atoms with Crippen LogP contribution >= 0.6 is 0 Å². The second kappa shape index (κ2) is 9.45. The summed E-state index contributed by atoms with van der Waals surface area (Å²) in [6.07, 6.45) is -0.723. The van der Waals surface area contributed by atoms with Crippen LogP contribution in [0.3, 0.4) is 0 Å². The van der Waals surface area contributed by atoms with Crippen LogP contribution in [0.1, 0.15) is 54.0 Å². The second-order valence-corrected chi connectivity index (χ2v) is 9.19. The van der Waals surface area contributed by atoms with Gasteiger partial charge in [0, 0.05) is 24.0 Å². The Balaban J connectivity index is 1.36. The summed E-state index contributed by atoms with van der Waals surface area (Å²) < 4.78 is 6.03. The van der Waals surface area contributed by atoms with Crippen molar-refractivity contribution in [1.82, 2.24) is 10.3 Å². The summed E-state index contributed by atoms with van der Waals surface area (Å²) in [5.74, 6) is 1.34. The predicted molar refractivity (Wildman–Crippen MR) is 135 cm³/mol. The molecule has 5 rings (SSSR count). The van der Waals surface area contributed by atoms with E-state index in [2.05, 4.69) is 48.4 Å². The Hall–Kier alpha value is -3.41. The molecule has 0 radical (unpaired) electrons. The number of benzene rings is 3. The van der Waals surface area contributed by atoms with Crippen molar-refractivity contribution >= 4 is 10.9 Å². The first-order chi connectivity index (χ1) is 16.5. The number of aliphatic hydroxyl groups excluding tert-OH is 1. The highest BCUT2D eigenvalue weighted by Gasteiger charge is 2.35. The lowest BCUT2D eigenvalue weighted by Gasteiger charge is -2.25. The van der Waals surface area contributed by atoms with Gasteiger partial charge in [-0.1, -0.05) is 74.5 Å². The van der Waals surface area contributed by atoms with Gasteiger partial charge in [0.2, 0.25) is 5.56 Å². The largest absolute Gasteiger partial charge is 0.487 e. The van der Waals surface area contributed by atoms with E-state index < -0.39 is 6.10 Å². The van der Waals surface area contributed by atoms with Crippen molar-refractivity contribution in [2.75, 3.05) is 6.54 Å². The van der Waals surface area contributed by atoms with E-state index in [9.17, 15) is 9.90 Å². The van der Waals surface area contributed by atoms with Gasteiger partial charge in [0.15, 0.2) is 0 Å². The maximum absolute atomic E-state index is 12.1. The monoisotopic (exact) mass is 454 g/mol. The molecule has 5 heteroatoms. The van der Waals surface area contributed by atoms with Gasteiger partial charge in [0.25, 0.3) is 0 Å². The summed E-state index contributed by atoms with van der Waals surface area (Å²) in [7, 11) is 0. The standard InChI is InChI=1S/C29H30N2O3/c1-18-21-10-6-7-11-22(21)19(2)28(18)30-16-25(32)23-12-14-26(29-24(23)13-15-27(33)31-29)34-17-20-8-4-3-5-9-20/h3-15,18-19,25,28,30,32H,16-17H2,1-2H3,(H,31,33)/t18-,19+,25-,28-/m0/s1. The van der Waals surface area contributed by atoms with Gasteiger partial charge in [-0.3, -0.25) is 4.79 Å². The highest BCUT2D eigenvalue weighted by molar-refractivity contribution is 5.87. The maximum atomic E-state index is 12.1. The van der Waals surface area contributed by atoms with Crippen LogP contribution in [0.15, 0.2) is 83.7 Å². The summed E-state index contributed by atoms with van der Waals surface area (Å²) >= 11 is 0. The van der Waals surface area contributed by atoms with Gasteiger partial charge in [-0.2, -0.15) is 0 Å². The van der Waals surface area contributed by atoms with E-state index in [0.29, 0.717) is 36.3 Å². The summed E-state index contributed by atoms with van der Waals surface area (Å²) in [4.78, 5) is 15.0. The van der Waals surface area contributed by atoms with Gasteiger partial charge in [0.05, 0.1) is 11.6 Å². The minimum Gasteiger partial charge on any atom is -0.487 e. The number of H-pyrrole nitrogens is 1. The lowest BCUT2D eigenvalue weighted by atomic mass is 9.96. The third kappa shape index (κ3) is 4.25. The van der Waals surface area contributed by atoms with Crippen molar-refractivity contribution in [3.05, 3.63) is 111 Å². The average molecular weight is 455 g/mol. The van der Waals surface area contributed by atoms with Gasteiger partial charge in [0.1, 0.15) is 12.4 Å². The molecule has 1 aliphatic rings. The Morgan fingerprint density at radius 1 is 0.912 bits per heavy atom. The Morgan fingerprint density at radius 3 is 2.29 bits per heavy atom. The molecule has 0 aliphatic heterocycles. The molecule has 0 bridgehead atoms. The number of ether oxygens (including phenoxy) is 1. The van der Waals surface area contributed by atoms with E-state index in [0.717, 1.165) is 16.5 Å². The molecule has 1 heterocycles. The zero-order chi connectivity index (χ0) is 23.7. The Labute approximate surface area is 199 Å². The van der Waals surface area contributed by atoms with Gasteiger partial charge >= 0.3 is 0 Å². The molecule has 0 amide bonds. The molecule has 0 saturated heterocycles. The molecule has 4 atom stereocenters. The van der Waals surface area contributed by atoms with Crippen LogP contribution in [0.4, 0.5) is 0 Å². The third-order valence-electron chi connectivity index (χ3n) is 7.09. The van der Waals surface area contributed by atoms with E-state index in [1.807, 2.05) is 42.5 Å². The first kappa shape index (κ1) is 22.4. The number of aromatic nitrogens is 1. The second-order valence-electron chi connectivity index (χ2n) is 9.19. The molecule has 4 aromatic rings. The van der Waals surface area contributed by atoms with Crippen LogP contribution in [0.2, 0.25) is 0 Å². The summed E-state index contributed by atoms with van der Waals surface area (Å²) in [6, 6.07) is 25.7. The highest BCUT2D eigenvalue weighted by Crippen LogP contribution is 2.41. The van der Waals surface area contributed by atoms with Gasteiger partial charge < -0.3 is 20.1 Å². The number of aliphatic hydroxyl groups is 1. The van der Waals surface area contributed by atoms with E-state index in [1.165, 1.54) is 17.2 Å². The molecule has 0 unspecified atom stereocenters. The fourth-order valence-corrected chi connectivity index (χ4v) is 5.27. The molecule has 3 N–H and O–H groups in total. The molecule has 0 spiro atoms. The molecular weight excluding hydrogens is 424 g/mol. The van der Waals surface area contributed by atoms with Crippen LogP contribution < -0.4 is 15.6 Å². The molecule has 1 aromatic heterocycles. The zero-order valence-corrected chi connectivity index (χ0v) is 19.5. The number of fused-ring (bicyclic) bond motifs is 2. The summed E-state index contributed by atoms with van der Waals surface area (Å²) in [5, 5.41) is 15.5. The average Bonchev–Trinajstić information content (AvgIpc) is 3.11. The number of pyridine rings is 1. The number of aromatic amines is 1. The van der Waals surface area contributed by atoms with Crippen molar-refractivity contribution in [3.63, 3.8) is 0 Å². The van der Waals surface area contributed by atoms with Crippen molar-refractivity contribution in [2.45, 2.75) is 44.4 Å². The number of hydrogen-bond donors (Lipinski definition) is 3. The Bertz CT molecular complexity index is 1320. The lowest BCUT2D eigenvalue weighted by Crippen LogP contribution is -2.36. The van der Waals surface area contributed by atoms with Crippen molar-refractivity contribution in [2.24, 2.45) is 0 Å². The number of rotatable bonds is 7. The van der Waals surface area contributed by atoms with Crippen molar-refractivity contribution < 1.29 is 9.84 Å². The van der Waals surface area contributed by atoms with Gasteiger partial charge in [-0.05, 0) is 46.2 Å². The zero-order valence-electron chi connectivity index (χ0n) is 19.5. The lowest BCUT2D eigenvalue weighted by molar-refractivity contribution is 0.168. The SMILES string of the molecule is C[C@@H]1c2ccccc2[C@H](C)[C@@H]1NC[C@H](O)c1ccc(OCc2ccccc2)c2[nH]c(=O)ccc12. The van der Waals surface area contributed by atoms with E-state index >= 15 is 0 Å². The number of nitrogens with one attached hydrogen (secondary N) is 2. The molecule has 5 nitrogen and oxygen atoms in total. The molecule has 0 fully saturated rings. The topological polar surface area (TPSA) is 74.3 Å². The van der Waals surface area contributed by atoms with Crippen LogP contribution in [-0.2, 0) is 6.61 Å². The fraction of sp³-hybridized carbons (Fsp3) is 0.276. The third-order valence-corrected chi connectivity index (χ3v) is 7.09. The van der Waals surface area contributed by atoms with E-state index in [1.54, 1.807) is 6.07 Å². The van der Waals surface area contributed by atoms with Crippen LogP contribution in [-0.4, -0.2) is 22.7 Å². The van der Waals surface area contributed by atoms with Crippen molar-refractivity contribution in [1.29, 1.82) is 0 Å². The minimum atomic E-state index is -0.723. The molecule has 34 heavy (non-hydrogen) atoms. The Morgan fingerprint density at radius 2 is 1.59 bits per heavy atom. The molecule has 0 saturated carbocycles. The number of hydrogen-bond acceptors (Lipinski definition) is 4. The first-order valence-corrected chi connectivity index (χ1v) is 11.9. The Kier molecular flexibility index (Phi) is 6.22. The quantitative estimate of drug-likeness (QED) is 0.367. The molecule has 174 valence electrons. The predicted octanol–water partition coefficient (Wildman–Crippen LogP) is 5.02. The minimum absolute atomic E-state index is 0.201. The van der Waals surface area contributed by atoms with Crippen LogP contribution in [0.5, 0.6) is 5.75 Å². The smallest absolute Gasteiger partial charge is 0.248 e. The highest BCUT2D eigenvalue weighted by atomic mass is 16.5. The molecule has 3 aromatic carbocycles. The van der Waals surface area contributed by atoms with Crippen LogP contribution in [0, 0.1) is 0 Å². The molecule has 1 aliphatic carbocycles. The van der Waals surface area contributed by atoms with E-state index in [-0.39, 0.29) is 11.6 Å². The van der Waals surface area contributed by atoms with Gasteiger partial charge in [-0.15, -0.1) is 0 Å². The summed E-state index contributed by atoms with van der Waals surface area (Å²) in [5.41, 5.74) is 4.97. The molecular formula is C29H30N2O3. The van der Waals surface area contributed by atoms with Crippen molar-refractivity contribution in [3.8, 4) is 5.75 Å². The van der Waals surface area contributed by atoms with Crippen LogP contribution in [0.25, 0.3) is 10.9 Å². The normalized spacial score (nSPS) is 20.3. The van der Waals surface area contributed by atoms with Gasteiger partial charge in [-0.25, -0.2) is 0 Å². The first-order valence-electron chi connectivity index (χ1n) is 11.9. The summed E-state index contributed by atoms with van der Waals surface area (Å²) in [6.45, 7) is 5.30. The van der Waals surface area contributed by atoms with E-state index in [4.69, 9.17) is 4.74 Å². The fourth-order valence-electron chi connectivity index (χ4n) is 5.27. The maximum Gasteiger partial charge on any atom is 0.248 e.